The van der Waals surface area contributed by atoms with Crippen molar-refractivity contribution in [2.75, 3.05) is 34.3 Å². The van der Waals surface area contributed by atoms with E-state index >= 15 is 0 Å². The molecule has 30 heavy (non-hydrogen) atoms. The number of rotatable bonds is 6. The third kappa shape index (κ3) is 5.61. The third-order valence-corrected chi connectivity index (χ3v) is 5.02. The first-order valence-corrected chi connectivity index (χ1v) is 9.44. The molecule has 0 aliphatic carbocycles. The molecule has 0 N–H and O–H groups in total. The standard InChI is InChI=1S/C21H25N3O5.ClH/c1-22(2)21(25)29-18-8-9-19-15(14-18)10-12-23(3)20(19)11-13-28-17-6-4-16(5-7-17)24(26)27;/h4-9,14,20H,10-13H2,1-3H3;1H. The number of hydrogen-bond donors (Lipinski definition) is 0. The number of likely N-dealkylation sites (N-methyl/N-ethyl adjacent to an activating group) is 1. The molecule has 2 aromatic carbocycles. The van der Waals surface area contributed by atoms with Gasteiger partial charge in [-0.25, -0.2) is 4.79 Å². The molecule has 8 nitrogen and oxygen atoms in total. The van der Waals surface area contributed by atoms with Crippen molar-refractivity contribution in [3.63, 3.8) is 0 Å². The third-order valence-electron chi connectivity index (χ3n) is 5.02. The predicted octanol–water partition coefficient (Wildman–Crippen LogP) is 4.08. The normalized spacial score (nSPS) is 15.5. The van der Waals surface area contributed by atoms with Crippen molar-refractivity contribution in [3.8, 4) is 11.5 Å². The Hall–Kier alpha value is -2.84. The fourth-order valence-electron chi connectivity index (χ4n) is 3.40. The number of carbonyl (C=O) groups excluding carboxylic acids is 1. The Morgan fingerprint density at radius 1 is 1.20 bits per heavy atom. The molecule has 1 amide bonds. The van der Waals surface area contributed by atoms with Crippen LogP contribution in [0.2, 0.25) is 0 Å². The first-order chi connectivity index (χ1) is 13.8. The summed E-state index contributed by atoms with van der Waals surface area (Å²) >= 11 is 0. The molecule has 1 unspecified atom stereocenters. The zero-order valence-corrected chi connectivity index (χ0v) is 18.1. The van der Waals surface area contributed by atoms with Gasteiger partial charge in [-0.05, 0) is 48.9 Å². The molecule has 1 aliphatic rings. The number of benzene rings is 2. The SMILES string of the molecule is CN(C)C(=O)Oc1ccc2c(c1)CCN(C)C2CCOc1ccc([N+](=O)[O-])cc1.Cl. The summed E-state index contributed by atoms with van der Waals surface area (Å²) < 4.78 is 11.2. The number of ether oxygens (including phenoxy) is 2. The van der Waals surface area contributed by atoms with Gasteiger partial charge in [-0.1, -0.05) is 6.07 Å². The van der Waals surface area contributed by atoms with Crippen molar-refractivity contribution in [2.45, 2.75) is 18.9 Å². The zero-order valence-electron chi connectivity index (χ0n) is 17.2. The van der Waals surface area contributed by atoms with Crippen molar-refractivity contribution in [2.24, 2.45) is 0 Å². The first kappa shape index (κ1) is 23.4. The molecular formula is C21H26ClN3O5. The van der Waals surface area contributed by atoms with Gasteiger partial charge in [0.25, 0.3) is 5.69 Å². The number of nitro groups is 1. The van der Waals surface area contributed by atoms with Crippen LogP contribution in [0.25, 0.3) is 0 Å². The molecule has 1 aliphatic heterocycles. The number of nitro benzene ring substituents is 1. The highest BCUT2D eigenvalue weighted by molar-refractivity contribution is 5.85. The Morgan fingerprint density at radius 2 is 1.87 bits per heavy atom. The predicted molar refractivity (Wildman–Crippen MR) is 116 cm³/mol. The van der Waals surface area contributed by atoms with E-state index in [1.165, 1.54) is 28.2 Å². The summed E-state index contributed by atoms with van der Waals surface area (Å²) in [7, 11) is 5.38. The van der Waals surface area contributed by atoms with Crippen molar-refractivity contribution < 1.29 is 19.2 Å². The molecule has 0 fully saturated rings. The van der Waals surface area contributed by atoms with Crippen molar-refractivity contribution in [3.05, 3.63) is 63.7 Å². The van der Waals surface area contributed by atoms with E-state index in [0.29, 0.717) is 18.1 Å². The average molecular weight is 436 g/mol. The summed E-state index contributed by atoms with van der Waals surface area (Å²) in [5.41, 5.74) is 2.42. The number of non-ortho nitro benzene ring substituents is 1. The number of hydrogen-bond acceptors (Lipinski definition) is 6. The fraction of sp³-hybridized carbons (Fsp3) is 0.381. The smallest absolute Gasteiger partial charge is 0.414 e. The van der Waals surface area contributed by atoms with Crippen LogP contribution in [0.4, 0.5) is 10.5 Å². The molecule has 0 bridgehead atoms. The lowest BCUT2D eigenvalue weighted by molar-refractivity contribution is -0.384. The van der Waals surface area contributed by atoms with Gasteiger partial charge in [0.1, 0.15) is 11.5 Å². The molecule has 2 aromatic rings. The van der Waals surface area contributed by atoms with Gasteiger partial charge in [0.2, 0.25) is 0 Å². The molecule has 0 saturated carbocycles. The summed E-state index contributed by atoms with van der Waals surface area (Å²) in [6, 6.07) is 12.1. The lowest BCUT2D eigenvalue weighted by Gasteiger charge is -2.34. The van der Waals surface area contributed by atoms with E-state index in [-0.39, 0.29) is 24.1 Å². The zero-order chi connectivity index (χ0) is 21.0. The van der Waals surface area contributed by atoms with E-state index < -0.39 is 11.0 Å². The van der Waals surface area contributed by atoms with Gasteiger partial charge < -0.3 is 14.4 Å². The van der Waals surface area contributed by atoms with Crippen LogP contribution in [-0.4, -0.2) is 55.1 Å². The van der Waals surface area contributed by atoms with Crippen LogP contribution >= 0.6 is 12.4 Å². The Bertz CT molecular complexity index is 889. The molecule has 3 rings (SSSR count). The van der Waals surface area contributed by atoms with Crippen LogP contribution in [0.1, 0.15) is 23.6 Å². The summed E-state index contributed by atoms with van der Waals surface area (Å²) in [5.74, 6) is 1.16. The van der Waals surface area contributed by atoms with E-state index in [1.54, 1.807) is 26.2 Å². The molecule has 0 aromatic heterocycles. The molecule has 0 saturated heterocycles. The lowest BCUT2D eigenvalue weighted by atomic mass is 9.91. The number of carbonyl (C=O) groups is 1. The summed E-state index contributed by atoms with van der Waals surface area (Å²) in [4.78, 5) is 25.8. The minimum atomic E-state index is -0.429. The second-order valence-electron chi connectivity index (χ2n) is 7.26. The number of nitrogens with zero attached hydrogens (tertiary/aromatic N) is 3. The number of halogens is 1. The van der Waals surface area contributed by atoms with E-state index in [1.807, 2.05) is 18.2 Å². The van der Waals surface area contributed by atoms with Gasteiger partial charge in [-0.15, -0.1) is 12.4 Å². The number of amides is 1. The molecule has 1 atom stereocenters. The second-order valence-corrected chi connectivity index (χ2v) is 7.26. The molecule has 0 radical (unpaired) electrons. The highest BCUT2D eigenvalue weighted by Crippen LogP contribution is 2.33. The van der Waals surface area contributed by atoms with Gasteiger partial charge in [0, 0.05) is 45.2 Å². The summed E-state index contributed by atoms with van der Waals surface area (Å²) in [5, 5.41) is 10.7. The number of fused-ring (bicyclic) bond motifs is 1. The minimum absolute atomic E-state index is 0. The van der Waals surface area contributed by atoms with Crippen molar-refractivity contribution in [1.29, 1.82) is 0 Å². The van der Waals surface area contributed by atoms with Gasteiger partial charge in [-0.2, -0.15) is 0 Å². The maximum atomic E-state index is 11.8. The Balaban J connectivity index is 0.00000320. The van der Waals surface area contributed by atoms with E-state index in [4.69, 9.17) is 9.47 Å². The maximum Gasteiger partial charge on any atom is 0.414 e. The van der Waals surface area contributed by atoms with Crippen LogP contribution in [0.3, 0.4) is 0 Å². The van der Waals surface area contributed by atoms with Gasteiger partial charge in [-0.3, -0.25) is 15.0 Å². The maximum absolute atomic E-state index is 11.8. The van der Waals surface area contributed by atoms with Crippen LogP contribution < -0.4 is 9.47 Å². The Morgan fingerprint density at radius 3 is 2.50 bits per heavy atom. The topological polar surface area (TPSA) is 85.2 Å². The molecule has 1 heterocycles. The second kappa shape index (κ2) is 10.3. The monoisotopic (exact) mass is 435 g/mol. The van der Waals surface area contributed by atoms with E-state index in [2.05, 4.69) is 11.9 Å². The summed E-state index contributed by atoms with van der Waals surface area (Å²) in [6.07, 6.45) is 1.27. The molecule has 0 spiro atoms. The van der Waals surface area contributed by atoms with Crippen LogP contribution in [0, 0.1) is 10.1 Å². The van der Waals surface area contributed by atoms with Crippen LogP contribution in [0.15, 0.2) is 42.5 Å². The molecular weight excluding hydrogens is 410 g/mol. The quantitative estimate of drug-likeness (QED) is 0.502. The van der Waals surface area contributed by atoms with Gasteiger partial charge in [0.05, 0.1) is 11.5 Å². The fourth-order valence-corrected chi connectivity index (χ4v) is 3.40. The van der Waals surface area contributed by atoms with Crippen LogP contribution in [-0.2, 0) is 6.42 Å². The molecule has 9 heteroatoms. The Kier molecular flexibility index (Phi) is 8.02. The summed E-state index contributed by atoms with van der Waals surface area (Å²) in [6.45, 7) is 1.39. The van der Waals surface area contributed by atoms with Gasteiger partial charge >= 0.3 is 6.09 Å². The molecule has 162 valence electrons. The Labute approximate surface area is 181 Å². The highest BCUT2D eigenvalue weighted by Gasteiger charge is 2.25. The van der Waals surface area contributed by atoms with Gasteiger partial charge in [0.15, 0.2) is 0 Å². The largest absolute Gasteiger partial charge is 0.494 e. The minimum Gasteiger partial charge on any atom is -0.494 e. The van der Waals surface area contributed by atoms with E-state index in [0.717, 1.165) is 19.4 Å². The van der Waals surface area contributed by atoms with Crippen molar-refractivity contribution >= 4 is 24.2 Å². The van der Waals surface area contributed by atoms with Crippen LogP contribution in [0.5, 0.6) is 11.5 Å². The lowest BCUT2D eigenvalue weighted by Crippen LogP contribution is -2.33. The highest BCUT2D eigenvalue weighted by atomic mass is 35.5. The first-order valence-electron chi connectivity index (χ1n) is 9.44. The average Bonchev–Trinajstić information content (AvgIpc) is 2.70. The van der Waals surface area contributed by atoms with E-state index in [9.17, 15) is 14.9 Å². The van der Waals surface area contributed by atoms with Crippen molar-refractivity contribution in [1.82, 2.24) is 9.80 Å².